The molecule has 1 amide bonds. The molecule has 2 rings (SSSR count). The summed E-state index contributed by atoms with van der Waals surface area (Å²) in [6.07, 6.45) is 2.10. The summed E-state index contributed by atoms with van der Waals surface area (Å²) in [5.41, 5.74) is 0.652. The quantitative estimate of drug-likeness (QED) is 0.841. The minimum Gasteiger partial charge on any atom is -0.381 e. The maximum Gasteiger partial charge on any atom is 0.256 e. The Hall–Kier alpha value is -1.42. The molecule has 0 aromatic heterocycles. The lowest BCUT2D eigenvalue weighted by molar-refractivity contribution is 0.0387. The summed E-state index contributed by atoms with van der Waals surface area (Å²) in [6, 6.07) is 4.92. The second-order valence-electron chi connectivity index (χ2n) is 5.21. The molecule has 1 aliphatic rings. The third kappa shape index (κ3) is 3.32. The average molecular weight is 265 g/mol. The zero-order chi connectivity index (χ0) is 13.8. The third-order valence-electron chi connectivity index (χ3n) is 3.56. The number of amides is 1. The van der Waals surface area contributed by atoms with E-state index in [-0.39, 0.29) is 11.5 Å². The van der Waals surface area contributed by atoms with Crippen LogP contribution in [0.4, 0.5) is 4.39 Å². The number of hydrogen-bond donors (Lipinski definition) is 0. The molecule has 1 unspecified atom stereocenters. The number of hydrogen-bond acceptors (Lipinski definition) is 2. The number of benzene rings is 1. The first kappa shape index (κ1) is 14.0. The van der Waals surface area contributed by atoms with E-state index in [0.29, 0.717) is 24.6 Å². The molecule has 3 nitrogen and oxygen atoms in total. The Balaban J connectivity index is 2.03. The number of aryl methyl sites for hydroxylation is 1. The van der Waals surface area contributed by atoms with Crippen LogP contribution in [0.15, 0.2) is 18.2 Å². The highest BCUT2D eigenvalue weighted by molar-refractivity contribution is 5.94. The molecule has 0 bridgehead atoms. The van der Waals surface area contributed by atoms with E-state index in [2.05, 4.69) is 0 Å². The molecule has 0 aliphatic carbocycles. The summed E-state index contributed by atoms with van der Waals surface area (Å²) in [7, 11) is 1.72. The predicted octanol–water partition coefficient (Wildman–Crippen LogP) is 2.63. The van der Waals surface area contributed by atoms with Gasteiger partial charge in [-0.05, 0) is 37.3 Å². The van der Waals surface area contributed by atoms with Crippen LogP contribution in [0.2, 0.25) is 0 Å². The summed E-state index contributed by atoms with van der Waals surface area (Å²) in [5, 5.41) is 0. The highest BCUT2D eigenvalue weighted by Gasteiger charge is 2.21. The maximum atomic E-state index is 13.9. The van der Waals surface area contributed by atoms with Gasteiger partial charge in [0.25, 0.3) is 5.91 Å². The first-order valence-electron chi connectivity index (χ1n) is 6.68. The molecule has 1 aromatic rings. The third-order valence-corrected chi connectivity index (χ3v) is 3.56. The standard InChI is InChI=1S/C15H20FNO2/c1-11-5-3-7-13(14(11)16)15(18)17(2)9-12-6-4-8-19-10-12/h3,5,7,12H,4,6,8-10H2,1-2H3. The summed E-state index contributed by atoms with van der Waals surface area (Å²) in [4.78, 5) is 13.8. The second kappa shape index (κ2) is 6.15. The van der Waals surface area contributed by atoms with Gasteiger partial charge in [-0.3, -0.25) is 4.79 Å². The van der Waals surface area contributed by atoms with Gasteiger partial charge >= 0.3 is 0 Å². The first-order chi connectivity index (χ1) is 9.09. The molecule has 1 saturated heterocycles. The fourth-order valence-corrected chi connectivity index (χ4v) is 2.44. The van der Waals surface area contributed by atoms with Crippen molar-refractivity contribution in [1.29, 1.82) is 0 Å². The number of carbonyl (C=O) groups is 1. The van der Waals surface area contributed by atoms with E-state index in [0.717, 1.165) is 19.4 Å². The van der Waals surface area contributed by atoms with E-state index in [1.165, 1.54) is 0 Å². The Morgan fingerprint density at radius 3 is 3.00 bits per heavy atom. The number of ether oxygens (including phenoxy) is 1. The van der Waals surface area contributed by atoms with Crippen LogP contribution in [0.5, 0.6) is 0 Å². The second-order valence-corrected chi connectivity index (χ2v) is 5.21. The number of nitrogens with zero attached hydrogens (tertiary/aromatic N) is 1. The van der Waals surface area contributed by atoms with Gasteiger partial charge in [0.2, 0.25) is 0 Å². The van der Waals surface area contributed by atoms with Crippen LogP contribution in [-0.2, 0) is 4.74 Å². The lowest BCUT2D eigenvalue weighted by Crippen LogP contribution is -2.35. The molecule has 1 heterocycles. The molecular weight excluding hydrogens is 245 g/mol. The van der Waals surface area contributed by atoms with Crippen molar-refractivity contribution in [3.05, 3.63) is 35.1 Å². The molecule has 4 heteroatoms. The zero-order valence-electron chi connectivity index (χ0n) is 11.5. The summed E-state index contributed by atoms with van der Waals surface area (Å²) in [5.74, 6) is -0.318. The van der Waals surface area contributed by atoms with Crippen LogP contribution in [-0.4, -0.2) is 37.6 Å². The topological polar surface area (TPSA) is 29.5 Å². The van der Waals surface area contributed by atoms with Crippen molar-refractivity contribution in [2.75, 3.05) is 26.8 Å². The van der Waals surface area contributed by atoms with E-state index in [1.807, 2.05) is 0 Å². The fraction of sp³-hybridized carbons (Fsp3) is 0.533. The molecule has 1 fully saturated rings. The van der Waals surface area contributed by atoms with Crippen molar-refractivity contribution in [2.24, 2.45) is 5.92 Å². The number of rotatable bonds is 3. The lowest BCUT2D eigenvalue weighted by Gasteiger charge is -2.27. The lowest BCUT2D eigenvalue weighted by atomic mass is 10.0. The molecule has 19 heavy (non-hydrogen) atoms. The maximum absolute atomic E-state index is 13.9. The smallest absolute Gasteiger partial charge is 0.256 e. The van der Waals surface area contributed by atoms with Gasteiger partial charge in [-0.1, -0.05) is 12.1 Å². The average Bonchev–Trinajstić information content (AvgIpc) is 2.42. The molecule has 0 saturated carbocycles. The van der Waals surface area contributed by atoms with Crippen molar-refractivity contribution >= 4 is 5.91 Å². The number of carbonyl (C=O) groups excluding carboxylic acids is 1. The minimum atomic E-state index is -0.417. The Bertz CT molecular complexity index is 455. The monoisotopic (exact) mass is 265 g/mol. The van der Waals surface area contributed by atoms with Gasteiger partial charge in [-0.15, -0.1) is 0 Å². The van der Waals surface area contributed by atoms with Crippen LogP contribution in [0, 0.1) is 18.7 Å². The Morgan fingerprint density at radius 2 is 2.32 bits per heavy atom. The van der Waals surface area contributed by atoms with Gasteiger partial charge < -0.3 is 9.64 Å². The SMILES string of the molecule is Cc1cccc(C(=O)N(C)CC2CCCOC2)c1F. The van der Waals surface area contributed by atoms with Gasteiger partial charge in [0, 0.05) is 20.2 Å². The van der Waals surface area contributed by atoms with Crippen LogP contribution in [0.1, 0.15) is 28.8 Å². The van der Waals surface area contributed by atoms with E-state index < -0.39 is 5.82 Å². The van der Waals surface area contributed by atoms with E-state index >= 15 is 0 Å². The van der Waals surface area contributed by atoms with Crippen molar-refractivity contribution in [2.45, 2.75) is 19.8 Å². The van der Waals surface area contributed by atoms with Crippen molar-refractivity contribution in [3.8, 4) is 0 Å². The number of halogens is 1. The fourth-order valence-electron chi connectivity index (χ4n) is 2.44. The molecule has 1 aliphatic heterocycles. The van der Waals surface area contributed by atoms with E-state index in [1.54, 1.807) is 37.1 Å². The van der Waals surface area contributed by atoms with Crippen LogP contribution in [0.3, 0.4) is 0 Å². The summed E-state index contributed by atoms with van der Waals surface area (Å²) in [6.45, 7) is 3.78. The zero-order valence-corrected chi connectivity index (χ0v) is 11.5. The van der Waals surface area contributed by atoms with Crippen LogP contribution in [0.25, 0.3) is 0 Å². The predicted molar refractivity (Wildman–Crippen MR) is 71.6 cm³/mol. The molecule has 1 aromatic carbocycles. The normalized spacial score (nSPS) is 19.2. The van der Waals surface area contributed by atoms with Crippen LogP contribution < -0.4 is 0 Å². The van der Waals surface area contributed by atoms with Gasteiger partial charge in [0.1, 0.15) is 5.82 Å². The molecular formula is C15H20FNO2. The molecule has 0 spiro atoms. The minimum absolute atomic E-state index is 0.152. The summed E-state index contributed by atoms with van der Waals surface area (Å²) >= 11 is 0. The van der Waals surface area contributed by atoms with Crippen LogP contribution >= 0.6 is 0 Å². The van der Waals surface area contributed by atoms with Crippen molar-refractivity contribution in [3.63, 3.8) is 0 Å². The van der Waals surface area contributed by atoms with Gasteiger partial charge in [0.05, 0.1) is 12.2 Å². The Labute approximate surface area is 113 Å². The first-order valence-corrected chi connectivity index (χ1v) is 6.68. The highest BCUT2D eigenvalue weighted by atomic mass is 19.1. The van der Waals surface area contributed by atoms with Gasteiger partial charge in [0.15, 0.2) is 0 Å². The Morgan fingerprint density at radius 1 is 1.53 bits per heavy atom. The Kier molecular flexibility index (Phi) is 4.53. The van der Waals surface area contributed by atoms with Crippen molar-refractivity contribution in [1.82, 2.24) is 4.90 Å². The van der Waals surface area contributed by atoms with Crippen molar-refractivity contribution < 1.29 is 13.9 Å². The largest absolute Gasteiger partial charge is 0.381 e. The molecule has 1 atom stereocenters. The molecule has 0 radical (unpaired) electrons. The summed E-state index contributed by atoms with van der Waals surface area (Å²) < 4.78 is 19.3. The van der Waals surface area contributed by atoms with E-state index in [9.17, 15) is 9.18 Å². The highest BCUT2D eigenvalue weighted by Crippen LogP contribution is 2.17. The molecule has 0 N–H and O–H groups in total. The van der Waals surface area contributed by atoms with Gasteiger partial charge in [-0.2, -0.15) is 0 Å². The van der Waals surface area contributed by atoms with Gasteiger partial charge in [-0.25, -0.2) is 4.39 Å². The molecule has 104 valence electrons. The van der Waals surface area contributed by atoms with E-state index in [4.69, 9.17) is 4.74 Å².